The molecule has 16 heavy (non-hydrogen) atoms. The molecule has 0 unspecified atom stereocenters. The van der Waals surface area contributed by atoms with Gasteiger partial charge >= 0.3 is 0 Å². The quantitative estimate of drug-likeness (QED) is 0.795. The average Bonchev–Trinajstić information content (AvgIpc) is 2.27. The van der Waals surface area contributed by atoms with Crippen LogP contribution in [0.1, 0.15) is 36.2 Å². The van der Waals surface area contributed by atoms with E-state index in [1.807, 2.05) is 25.1 Å². The Morgan fingerprint density at radius 2 is 2.25 bits per heavy atom. The second-order valence-corrected chi connectivity index (χ2v) is 3.95. The molecular weight excluding hydrogens is 202 g/mol. The Bertz CT molecular complexity index is 348. The summed E-state index contributed by atoms with van der Waals surface area (Å²) in [6.07, 6.45) is 1.22. The van der Waals surface area contributed by atoms with Crippen LogP contribution in [0.25, 0.3) is 0 Å². The summed E-state index contributed by atoms with van der Waals surface area (Å²) in [6, 6.07) is 7.54. The third-order valence-electron chi connectivity index (χ3n) is 2.38. The van der Waals surface area contributed by atoms with Crippen LogP contribution in [0.5, 0.6) is 0 Å². The molecule has 1 amide bonds. The molecule has 0 saturated carbocycles. The van der Waals surface area contributed by atoms with Crippen LogP contribution in [0.4, 0.5) is 0 Å². The van der Waals surface area contributed by atoms with Crippen LogP contribution in [-0.2, 0) is 6.42 Å². The highest BCUT2D eigenvalue weighted by atomic mass is 16.3. The lowest BCUT2D eigenvalue weighted by molar-refractivity contribution is 0.0955. The molecule has 88 valence electrons. The highest BCUT2D eigenvalue weighted by Crippen LogP contribution is 2.09. The molecule has 0 radical (unpaired) electrons. The summed E-state index contributed by atoms with van der Waals surface area (Å²) in [5, 5.41) is 12.0. The predicted molar refractivity (Wildman–Crippen MR) is 64.5 cm³/mol. The molecule has 0 fully saturated rings. The molecule has 1 aromatic rings. The Kier molecular flexibility index (Phi) is 4.99. The van der Waals surface area contributed by atoms with Crippen LogP contribution in [0.2, 0.25) is 0 Å². The van der Waals surface area contributed by atoms with Gasteiger partial charge in [-0.3, -0.25) is 4.79 Å². The maximum atomic E-state index is 11.6. The normalized spacial score (nSPS) is 12.2. The lowest BCUT2D eigenvalue weighted by Crippen LogP contribution is -2.22. The number of hydrogen-bond donors (Lipinski definition) is 2. The van der Waals surface area contributed by atoms with Crippen LogP contribution >= 0.6 is 0 Å². The molecular formula is C13H19NO2. The van der Waals surface area contributed by atoms with Gasteiger partial charge in [-0.15, -0.1) is 0 Å². The minimum absolute atomic E-state index is 0.0404. The SMILES string of the molecule is CCNC(=O)c1cccc(CC[C@H](C)O)c1. The molecule has 0 saturated heterocycles. The summed E-state index contributed by atoms with van der Waals surface area (Å²) in [4.78, 5) is 11.6. The van der Waals surface area contributed by atoms with Crippen molar-refractivity contribution in [3.05, 3.63) is 35.4 Å². The van der Waals surface area contributed by atoms with Gasteiger partial charge in [0.05, 0.1) is 6.10 Å². The Hall–Kier alpha value is -1.35. The van der Waals surface area contributed by atoms with Crippen molar-refractivity contribution in [2.45, 2.75) is 32.8 Å². The van der Waals surface area contributed by atoms with E-state index in [0.717, 1.165) is 18.4 Å². The molecule has 0 spiro atoms. The van der Waals surface area contributed by atoms with Crippen LogP contribution < -0.4 is 5.32 Å². The maximum absolute atomic E-state index is 11.6. The van der Waals surface area contributed by atoms with Gasteiger partial charge < -0.3 is 10.4 Å². The summed E-state index contributed by atoms with van der Waals surface area (Å²) < 4.78 is 0. The Morgan fingerprint density at radius 3 is 2.88 bits per heavy atom. The van der Waals surface area contributed by atoms with E-state index in [0.29, 0.717) is 12.1 Å². The van der Waals surface area contributed by atoms with E-state index in [-0.39, 0.29) is 12.0 Å². The Morgan fingerprint density at radius 1 is 1.50 bits per heavy atom. The molecule has 0 aromatic heterocycles. The third kappa shape index (κ3) is 4.03. The molecule has 0 aliphatic carbocycles. The van der Waals surface area contributed by atoms with Gasteiger partial charge in [0.2, 0.25) is 0 Å². The molecule has 3 heteroatoms. The number of aliphatic hydroxyl groups excluding tert-OH is 1. The minimum Gasteiger partial charge on any atom is -0.393 e. The summed E-state index contributed by atoms with van der Waals surface area (Å²) in [6.45, 7) is 4.31. The van der Waals surface area contributed by atoms with E-state index in [1.54, 1.807) is 13.0 Å². The third-order valence-corrected chi connectivity index (χ3v) is 2.38. The number of amides is 1. The molecule has 0 aliphatic heterocycles. The molecule has 1 atom stereocenters. The molecule has 0 heterocycles. The number of carbonyl (C=O) groups is 1. The number of aliphatic hydroxyl groups is 1. The van der Waals surface area contributed by atoms with Gasteiger partial charge in [0, 0.05) is 12.1 Å². The number of aryl methyl sites for hydroxylation is 1. The molecule has 0 bridgehead atoms. The van der Waals surface area contributed by atoms with Crippen molar-refractivity contribution in [3.63, 3.8) is 0 Å². The highest BCUT2D eigenvalue weighted by molar-refractivity contribution is 5.94. The van der Waals surface area contributed by atoms with E-state index in [4.69, 9.17) is 0 Å². The van der Waals surface area contributed by atoms with Gasteiger partial charge in [0.1, 0.15) is 0 Å². The van der Waals surface area contributed by atoms with Gasteiger partial charge in [-0.1, -0.05) is 12.1 Å². The topological polar surface area (TPSA) is 49.3 Å². The number of nitrogens with one attached hydrogen (secondary N) is 1. The fourth-order valence-corrected chi connectivity index (χ4v) is 1.51. The van der Waals surface area contributed by atoms with Crippen molar-refractivity contribution in [3.8, 4) is 0 Å². The molecule has 1 aromatic carbocycles. The fourth-order valence-electron chi connectivity index (χ4n) is 1.51. The summed E-state index contributed by atoms with van der Waals surface area (Å²) >= 11 is 0. The summed E-state index contributed by atoms with van der Waals surface area (Å²) in [7, 11) is 0. The monoisotopic (exact) mass is 221 g/mol. The summed E-state index contributed by atoms with van der Waals surface area (Å²) in [5.41, 5.74) is 1.77. The zero-order chi connectivity index (χ0) is 12.0. The second kappa shape index (κ2) is 6.28. The first-order valence-electron chi connectivity index (χ1n) is 5.68. The van der Waals surface area contributed by atoms with Gasteiger partial charge in [0.25, 0.3) is 5.91 Å². The van der Waals surface area contributed by atoms with E-state index in [2.05, 4.69) is 5.32 Å². The zero-order valence-corrected chi connectivity index (χ0v) is 9.86. The number of benzene rings is 1. The Balaban J connectivity index is 2.67. The van der Waals surface area contributed by atoms with Gasteiger partial charge in [-0.2, -0.15) is 0 Å². The summed E-state index contributed by atoms with van der Waals surface area (Å²) in [5.74, 6) is -0.0404. The zero-order valence-electron chi connectivity index (χ0n) is 9.86. The van der Waals surface area contributed by atoms with Crippen LogP contribution in [0, 0.1) is 0 Å². The molecule has 3 nitrogen and oxygen atoms in total. The van der Waals surface area contributed by atoms with Gasteiger partial charge in [0.15, 0.2) is 0 Å². The van der Waals surface area contributed by atoms with E-state index < -0.39 is 0 Å². The number of carbonyl (C=O) groups excluding carboxylic acids is 1. The number of rotatable bonds is 5. The first kappa shape index (κ1) is 12.7. The van der Waals surface area contributed by atoms with E-state index >= 15 is 0 Å². The molecule has 2 N–H and O–H groups in total. The van der Waals surface area contributed by atoms with Crippen molar-refractivity contribution in [1.29, 1.82) is 0 Å². The van der Waals surface area contributed by atoms with Gasteiger partial charge in [-0.05, 0) is 44.4 Å². The predicted octanol–water partition coefficient (Wildman–Crippen LogP) is 1.75. The first-order chi connectivity index (χ1) is 7.63. The smallest absolute Gasteiger partial charge is 0.251 e. The lowest BCUT2D eigenvalue weighted by Gasteiger charge is -2.06. The van der Waals surface area contributed by atoms with Crippen LogP contribution in [0.3, 0.4) is 0 Å². The van der Waals surface area contributed by atoms with Crippen molar-refractivity contribution in [2.24, 2.45) is 0 Å². The van der Waals surface area contributed by atoms with Crippen molar-refractivity contribution < 1.29 is 9.90 Å². The van der Waals surface area contributed by atoms with Gasteiger partial charge in [-0.25, -0.2) is 0 Å². The van der Waals surface area contributed by atoms with Crippen LogP contribution in [0.15, 0.2) is 24.3 Å². The van der Waals surface area contributed by atoms with Crippen molar-refractivity contribution in [1.82, 2.24) is 5.32 Å². The highest BCUT2D eigenvalue weighted by Gasteiger charge is 2.05. The minimum atomic E-state index is -0.298. The molecule has 0 aliphatic rings. The van der Waals surface area contributed by atoms with E-state index in [1.165, 1.54) is 0 Å². The number of hydrogen-bond acceptors (Lipinski definition) is 2. The maximum Gasteiger partial charge on any atom is 0.251 e. The standard InChI is InChI=1S/C13H19NO2/c1-3-14-13(16)12-6-4-5-11(9-12)8-7-10(2)15/h4-6,9-10,15H,3,7-8H2,1-2H3,(H,14,16)/t10-/m0/s1. The second-order valence-electron chi connectivity index (χ2n) is 3.95. The van der Waals surface area contributed by atoms with Crippen molar-refractivity contribution >= 4 is 5.91 Å². The molecule has 1 rings (SSSR count). The van der Waals surface area contributed by atoms with Crippen molar-refractivity contribution in [2.75, 3.05) is 6.54 Å². The largest absolute Gasteiger partial charge is 0.393 e. The van der Waals surface area contributed by atoms with Crippen LogP contribution in [-0.4, -0.2) is 23.7 Å². The Labute approximate surface area is 96.5 Å². The van der Waals surface area contributed by atoms with E-state index in [9.17, 15) is 9.90 Å². The lowest BCUT2D eigenvalue weighted by atomic mass is 10.0. The first-order valence-corrected chi connectivity index (χ1v) is 5.68. The average molecular weight is 221 g/mol. The fraction of sp³-hybridized carbons (Fsp3) is 0.462.